The summed E-state index contributed by atoms with van der Waals surface area (Å²) in [5.41, 5.74) is 0. The molecule has 0 saturated carbocycles. The fourth-order valence-corrected chi connectivity index (χ4v) is 7.41. The number of esters is 3. The standard InChI is InChI=1S/C60H100O6/c1-4-7-10-13-16-19-22-25-28-29-30-33-35-38-41-44-47-50-53-59(62)65-56-57(66-60(63)54-51-48-45-42-39-36-32-27-24-21-18-15-12-9-6-3)55-64-58(61)52-49-46-43-40-37-34-31-26-23-20-17-14-11-8-5-2/h9,12,15,18,21-22,24-25,27-30,32-33,36,39,57H,4-8,10-11,13-14,16-17,19-20,23,26,31,34-35,37-38,40-56H2,1-3H3/b12-9-,18-15-,24-21-,25-22-,29-28-,32-27-,33-30-,39-36-. The number of allylic oxidation sites excluding steroid dienone is 16. The van der Waals surface area contributed by atoms with E-state index < -0.39 is 6.10 Å². The Labute approximate surface area is 407 Å². The third-order valence-corrected chi connectivity index (χ3v) is 11.5. The normalized spacial score (nSPS) is 12.8. The van der Waals surface area contributed by atoms with Gasteiger partial charge in [-0.05, 0) is 64.2 Å². The van der Waals surface area contributed by atoms with Gasteiger partial charge in [-0.3, -0.25) is 14.4 Å². The number of carbonyl (C=O) groups is 3. The molecule has 0 aliphatic carbocycles. The number of rotatable bonds is 48. The second kappa shape index (κ2) is 53.9. The first-order chi connectivity index (χ1) is 32.5. The number of hydrogen-bond donors (Lipinski definition) is 0. The SMILES string of the molecule is CC\C=C/C=C\C=C/C=C\C=C/CCCCCC(=O)OC(COC(=O)CCCCCCC\C=C/C=C\C=C/CCCCCCC)COC(=O)CCCCCCCCCCCCCCCCC. The highest BCUT2D eigenvalue weighted by Gasteiger charge is 2.19. The Morgan fingerprint density at radius 2 is 0.591 bits per heavy atom. The molecule has 0 aliphatic heterocycles. The van der Waals surface area contributed by atoms with Gasteiger partial charge in [-0.15, -0.1) is 0 Å². The molecule has 376 valence electrons. The highest BCUT2D eigenvalue weighted by atomic mass is 16.6. The molecule has 0 amide bonds. The smallest absolute Gasteiger partial charge is 0.306 e. The summed E-state index contributed by atoms with van der Waals surface area (Å²) in [5, 5.41) is 0. The van der Waals surface area contributed by atoms with Gasteiger partial charge in [-0.2, -0.15) is 0 Å². The molecule has 0 aromatic carbocycles. The van der Waals surface area contributed by atoms with Crippen molar-refractivity contribution >= 4 is 17.9 Å². The molecule has 66 heavy (non-hydrogen) atoms. The van der Waals surface area contributed by atoms with Gasteiger partial charge in [0, 0.05) is 19.3 Å². The lowest BCUT2D eigenvalue weighted by molar-refractivity contribution is -0.167. The molecule has 0 spiro atoms. The van der Waals surface area contributed by atoms with E-state index in [1.165, 1.54) is 109 Å². The van der Waals surface area contributed by atoms with Crippen LogP contribution in [0.2, 0.25) is 0 Å². The van der Waals surface area contributed by atoms with Crippen LogP contribution < -0.4 is 0 Å². The molecular weight excluding hydrogens is 817 g/mol. The second-order valence-corrected chi connectivity index (χ2v) is 17.9. The lowest BCUT2D eigenvalue weighted by Gasteiger charge is -2.18. The molecule has 6 nitrogen and oxygen atoms in total. The fourth-order valence-electron chi connectivity index (χ4n) is 7.41. The molecule has 0 aliphatic rings. The van der Waals surface area contributed by atoms with Crippen LogP contribution in [0.15, 0.2) is 97.2 Å². The van der Waals surface area contributed by atoms with E-state index in [1.54, 1.807) is 0 Å². The Morgan fingerprint density at radius 3 is 0.939 bits per heavy atom. The zero-order valence-electron chi connectivity index (χ0n) is 42.9. The van der Waals surface area contributed by atoms with Gasteiger partial charge in [0.15, 0.2) is 6.10 Å². The highest BCUT2D eigenvalue weighted by molar-refractivity contribution is 5.71. The maximum atomic E-state index is 12.8. The molecule has 6 heteroatoms. The average Bonchev–Trinajstić information content (AvgIpc) is 3.31. The molecule has 0 fully saturated rings. The Morgan fingerprint density at radius 1 is 0.318 bits per heavy atom. The zero-order valence-corrected chi connectivity index (χ0v) is 42.9. The van der Waals surface area contributed by atoms with Crippen LogP contribution in [0.25, 0.3) is 0 Å². The van der Waals surface area contributed by atoms with Crippen LogP contribution in [-0.4, -0.2) is 37.2 Å². The average molecular weight is 917 g/mol. The van der Waals surface area contributed by atoms with Crippen molar-refractivity contribution in [3.63, 3.8) is 0 Å². The van der Waals surface area contributed by atoms with E-state index >= 15 is 0 Å². The van der Waals surface area contributed by atoms with E-state index in [0.29, 0.717) is 19.3 Å². The Kier molecular flexibility index (Phi) is 50.9. The quantitative estimate of drug-likeness (QED) is 0.0262. The van der Waals surface area contributed by atoms with Gasteiger partial charge in [-0.25, -0.2) is 0 Å². The van der Waals surface area contributed by atoms with E-state index in [1.807, 2.05) is 48.6 Å². The molecule has 1 atom stereocenters. The molecule has 0 aromatic rings. The fraction of sp³-hybridized carbons (Fsp3) is 0.683. The first-order valence-electron chi connectivity index (χ1n) is 27.3. The first-order valence-corrected chi connectivity index (χ1v) is 27.3. The van der Waals surface area contributed by atoms with Gasteiger partial charge in [0.25, 0.3) is 0 Å². The van der Waals surface area contributed by atoms with Crippen molar-refractivity contribution in [3.05, 3.63) is 97.2 Å². The molecule has 0 saturated heterocycles. The van der Waals surface area contributed by atoms with Gasteiger partial charge in [0.2, 0.25) is 0 Å². The topological polar surface area (TPSA) is 78.9 Å². The lowest BCUT2D eigenvalue weighted by Crippen LogP contribution is -2.30. The molecule has 1 unspecified atom stereocenters. The summed E-state index contributed by atoms with van der Waals surface area (Å²) >= 11 is 0. The van der Waals surface area contributed by atoms with E-state index in [4.69, 9.17) is 14.2 Å². The maximum Gasteiger partial charge on any atom is 0.306 e. The van der Waals surface area contributed by atoms with E-state index in [0.717, 1.165) is 89.9 Å². The van der Waals surface area contributed by atoms with Gasteiger partial charge >= 0.3 is 17.9 Å². The van der Waals surface area contributed by atoms with Gasteiger partial charge in [-0.1, -0.05) is 259 Å². The predicted octanol–water partition coefficient (Wildman–Crippen LogP) is 18.1. The number of ether oxygens (including phenoxy) is 3. The van der Waals surface area contributed by atoms with Crippen LogP contribution in [0, 0.1) is 0 Å². The maximum absolute atomic E-state index is 12.8. The van der Waals surface area contributed by atoms with Crippen LogP contribution in [0.3, 0.4) is 0 Å². The minimum Gasteiger partial charge on any atom is -0.462 e. The zero-order chi connectivity index (χ0) is 47.9. The van der Waals surface area contributed by atoms with Crippen molar-refractivity contribution in [1.29, 1.82) is 0 Å². The highest BCUT2D eigenvalue weighted by Crippen LogP contribution is 2.15. The number of hydrogen-bond acceptors (Lipinski definition) is 6. The molecule has 0 rings (SSSR count). The van der Waals surface area contributed by atoms with Crippen LogP contribution in [0.1, 0.15) is 245 Å². The third kappa shape index (κ3) is 51.3. The number of carbonyl (C=O) groups excluding carboxylic acids is 3. The van der Waals surface area contributed by atoms with E-state index in [-0.39, 0.29) is 37.5 Å². The van der Waals surface area contributed by atoms with Gasteiger partial charge in [0.05, 0.1) is 0 Å². The molecule has 0 aromatic heterocycles. The summed E-state index contributed by atoms with van der Waals surface area (Å²) in [5.74, 6) is -0.961. The van der Waals surface area contributed by atoms with Crippen LogP contribution in [-0.2, 0) is 28.6 Å². The largest absolute Gasteiger partial charge is 0.462 e. The molecule has 0 bridgehead atoms. The van der Waals surface area contributed by atoms with Crippen molar-refractivity contribution in [2.45, 2.75) is 252 Å². The molecular formula is C60H100O6. The van der Waals surface area contributed by atoms with Crippen LogP contribution in [0.5, 0.6) is 0 Å². The van der Waals surface area contributed by atoms with Crippen molar-refractivity contribution in [3.8, 4) is 0 Å². The Hall–Kier alpha value is -3.67. The Bertz CT molecular complexity index is 1330. The minimum absolute atomic E-state index is 0.101. The van der Waals surface area contributed by atoms with Crippen LogP contribution >= 0.6 is 0 Å². The number of unbranched alkanes of at least 4 members (excludes halogenated alkanes) is 27. The lowest BCUT2D eigenvalue weighted by atomic mass is 10.0. The summed E-state index contributed by atoms with van der Waals surface area (Å²) in [4.78, 5) is 38.1. The summed E-state index contributed by atoms with van der Waals surface area (Å²) in [6.07, 6.45) is 71.0. The minimum atomic E-state index is -0.808. The molecule has 0 N–H and O–H groups in total. The van der Waals surface area contributed by atoms with Crippen LogP contribution in [0.4, 0.5) is 0 Å². The van der Waals surface area contributed by atoms with Gasteiger partial charge < -0.3 is 14.2 Å². The van der Waals surface area contributed by atoms with Gasteiger partial charge in [0.1, 0.15) is 13.2 Å². The van der Waals surface area contributed by atoms with Crippen molar-refractivity contribution in [2.75, 3.05) is 13.2 Å². The molecule has 0 radical (unpaired) electrons. The summed E-state index contributed by atoms with van der Waals surface area (Å²) in [6, 6.07) is 0. The summed E-state index contributed by atoms with van der Waals surface area (Å²) in [6.45, 7) is 6.43. The predicted molar refractivity (Wildman–Crippen MR) is 284 cm³/mol. The van der Waals surface area contributed by atoms with E-state index in [2.05, 4.69) is 69.4 Å². The van der Waals surface area contributed by atoms with Crippen molar-refractivity contribution in [1.82, 2.24) is 0 Å². The summed E-state index contributed by atoms with van der Waals surface area (Å²) in [7, 11) is 0. The van der Waals surface area contributed by atoms with E-state index in [9.17, 15) is 14.4 Å². The summed E-state index contributed by atoms with van der Waals surface area (Å²) < 4.78 is 16.8. The van der Waals surface area contributed by atoms with Crippen molar-refractivity contribution in [2.24, 2.45) is 0 Å². The second-order valence-electron chi connectivity index (χ2n) is 17.9. The Balaban J connectivity index is 4.49. The van der Waals surface area contributed by atoms with Crippen molar-refractivity contribution < 1.29 is 28.6 Å². The third-order valence-electron chi connectivity index (χ3n) is 11.5. The molecule has 0 heterocycles. The first kappa shape index (κ1) is 62.3. The monoisotopic (exact) mass is 917 g/mol.